The molecule has 0 spiro atoms. The van der Waals surface area contributed by atoms with Gasteiger partial charge >= 0.3 is 12.1 Å². The molecule has 1 unspecified atom stereocenters. The first-order valence-electron chi connectivity index (χ1n) is 5.43. The molecule has 0 aliphatic heterocycles. The minimum atomic E-state index is -4.85. The number of nitrogens with one attached hydrogen (secondary N) is 1. The predicted octanol–water partition coefficient (Wildman–Crippen LogP) is 2.19. The molecule has 1 amide bonds. The van der Waals surface area contributed by atoms with Gasteiger partial charge in [0.1, 0.15) is 0 Å². The summed E-state index contributed by atoms with van der Waals surface area (Å²) < 4.78 is 36.2. The summed E-state index contributed by atoms with van der Waals surface area (Å²) in [5.74, 6) is -1.92. The molecule has 1 rings (SSSR count). The SMILES string of the molecule is Cc1c(N)cccc1CC(C)NC(=O)C(F)(F)F. The molecule has 0 aliphatic rings. The summed E-state index contributed by atoms with van der Waals surface area (Å²) in [6.07, 6.45) is -4.54. The number of carbonyl (C=O) groups is 1. The second-order valence-corrected chi connectivity index (χ2v) is 4.21. The minimum absolute atomic E-state index is 0.304. The number of nitrogen functional groups attached to an aromatic ring is 1. The molecule has 1 aromatic rings. The van der Waals surface area contributed by atoms with Gasteiger partial charge < -0.3 is 11.1 Å². The van der Waals surface area contributed by atoms with Gasteiger partial charge in [0.25, 0.3) is 0 Å². The molecule has 0 saturated heterocycles. The summed E-state index contributed by atoms with van der Waals surface area (Å²) in [4.78, 5) is 10.8. The highest BCUT2D eigenvalue weighted by Crippen LogP contribution is 2.18. The highest BCUT2D eigenvalue weighted by Gasteiger charge is 2.39. The van der Waals surface area contributed by atoms with Gasteiger partial charge in [-0.1, -0.05) is 12.1 Å². The Morgan fingerprint density at radius 2 is 2.06 bits per heavy atom. The van der Waals surface area contributed by atoms with Crippen molar-refractivity contribution >= 4 is 11.6 Å². The Bertz CT molecular complexity index is 443. The van der Waals surface area contributed by atoms with Crippen molar-refractivity contribution in [1.29, 1.82) is 0 Å². The fourth-order valence-electron chi connectivity index (χ4n) is 1.61. The third kappa shape index (κ3) is 3.65. The number of rotatable bonds is 3. The van der Waals surface area contributed by atoms with E-state index in [1.165, 1.54) is 6.92 Å². The third-order valence-electron chi connectivity index (χ3n) is 2.65. The molecule has 100 valence electrons. The van der Waals surface area contributed by atoms with Gasteiger partial charge in [0.15, 0.2) is 0 Å². The number of anilines is 1. The van der Waals surface area contributed by atoms with Gasteiger partial charge in [-0.25, -0.2) is 0 Å². The van der Waals surface area contributed by atoms with Crippen LogP contribution in [0.15, 0.2) is 18.2 Å². The lowest BCUT2D eigenvalue weighted by molar-refractivity contribution is -0.174. The molecular weight excluding hydrogens is 245 g/mol. The zero-order chi connectivity index (χ0) is 13.9. The van der Waals surface area contributed by atoms with Crippen LogP contribution in [0, 0.1) is 6.92 Å². The molecule has 3 N–H and O–H groups in total. The summed E-state index contributed by atoms with van der Waals surface area (Å²) in [6, 6.07) is 4.62. The van der Waals surface area contributed by atoms with E-state index < -0.39 is 18.1 Å². The number of nitrogens with two attached hydrogens (primary N) is 1. The normalized spacial score (nSPS) is 13.2. The van der Waals surface area contributed by atoms with Crippen molar-refractivity contribution in [3.05, 3.63) is 29.3 Å². The van der Waals surface area contributed by atoms with Gasteiger partial charge in [0.05, 0.1) is 0 Å². The molecule has 0 saturated carbocycles. The second kappa shape index (κ2) is 5.29. The van der Waals surface area contributed by atoms with Crippen LogP contribution in [-0.4, -0.2) is 18.1 Å². The lowest BCUT2D eigenvalue weighted by atomic mass is 10.0. The molecule has 1 atom stereocenters. The van der Waals surface area contributed by atoms with Gasteiger partial charge in [-0.15, -0.1) is 0 Å². The van der Waals surface area contributed by atoms with E-state index in [0.717, 1.165) is 11.1 Å². The first-order valence-corrected chi connectivity index (χ1v) is 5.43. The summed E-state index contributed by atoms with van der Waals surface area (Å²) in [6.45, 7) is 3.31. The van der Waals surface area contributed by atoms with Crippen LogP contribution in [0.25, 0.3) is 0 Å². The molecule has 1 aromatic carbocycles. The fraction of sp³-hybridized carbons (Fsp3) is 0.417. The van der Waals surface area contributed by atoms with Crippen molar-refractivity contribution < 1.29 is 18.0 Å². The van der Waals surface area contributed by atoms with Crippen LogP contribution in [0.2, 0.25) is 0 Å². The summed E-state index contributed by atoms with van der Waals surface area (Å²) in [5, 5.41) is 1.91. The molecule has 0 aromatic heterocycles. The maximum atomic E-state index is 12.1. The number of benzene rings is 1. The molecule has 0 aliphatic carbocycles. The van der Waals surface area contributed by atoms with Crippen molar-refractivity contribution in [2.75, 3.05) is 5.73 Å². The Balaban J connectivity index is 2.68. The zero-order valence-electron chi connectivity index (χ0n) is 10.1. The molecule has 0 radical (unpaired) electrons. The molecule has 6 heteroatoms. The van der Waals surface area contributed by atoms with Crippen LogP contribution in [0.3, 0.4) is 0 Å². The zero-order valence-corrected chi connectivity index (χ0v) is 10.1. The average molecular weight is 260 g/mol. The maximum absolute atomic E-state index is 12.1. The van der Waals surface area contributed by atoms with E-state index in [2.05, 4.69) is 0 Å². The Labute approximate surface area is 103 Å². The van der Waals surface area contributed by atoms with E-state index in [1.807, 2.05) is 5.32 Å². The van der Waals surface area contributed by atoms with E-state index in [-0.39, 0.29) is 0 Å². The van der Waals surface area contributed by atoms with Gasteiger partial charge in [0.2, 0.25) is 0 Å². The fourth-order valence-corrected chi connectivity index (χ4v) is 1.61. The van der Waals surface area contributed by atoms with Gasteiger partial charge in [-0.05, 0) is 37.5 Å². The van der Waals surface area contributed by atoms with E-state index in [0.29, 0.717) is 12.1 Å². The summed E-state index contributed by atoms with van der Waals surface area (Å²) in [7, 11) is 0. The Kier molecular flexibility index (Phi) is 4.21. The smallest absolute Gasteiger partial charge is 0.399 e. The standard InChI is InChI=1S/C12H15F3N2O/c1-7(17-11(18)12(13,14)15)6-9-4-3-5-10(16)8(9)2/h3-5,7H,6,16H2,1-2H3,(H,17,18). The molecule has 0 bridgehead atoms. The summed E-state index contributed by atoms with van der Waals surface area (Å²) >= 11 is 0. The van der Waals surface area contributed by atoms with Crippen LogP contribution < -0.4 is 11.1 Å². The van der Waals surface area contributed by atoms with Crippen molar-refractivity contribution in [2.45, 2.75) is 32.5 Å². The second-order valence-electron chi connectivity index (χ2n) is 4.21. The Morgan fingerprint density at radius 1 is 1.44 bits per heavy atom. The molecule has 0 fully saturated rings. The lowest BCUT2D eigenvalue weighted by Crippen LogP contribution is -2.42. The van der Waals surface area contributed by atoms with E-state index in [9.17, 15) is 18.0 Å². The number of amides is 1. The number of hydrogen-bond donors (Lipinski definition) is 2. The van der Waals surface area contributed by atoms with Gasteiger partial charge in [-0.2, -0.15) is 13.2 Å². The van der Waals surface area contributed by atoms with Crippen molar-refractivity contribution in [3.8, 4) is 0 Å². The summed E-state index contributed by atoms with van der Waals surface area (Å²) in [5.41, 5.74) is 7.93. The van der Waals surface area contributed by atoms with Crippen molar-refractivity contribution in [1.82, 2.24) is 5.32 Å². The monoisotopic (exact) mass is 260 g/mol. The number of alkyl halides is 3. The van der Waals surface area contributed by atoms with Crippen LogP contribution in [0.1, 0.15) is 18.1 Å². The Hall–Kier alpha value is -1.72. The number of halogens is 3. The first-order chi connectivity index (χ1) is 8.21. The van der Waals surface area contributed by atoms with Gasteiger partial charge in [-0.3, -0.25) is 4.79 Å². The predicted molar refractivity (Wildman–Crippen MR) is 63.0 cm³/mol. The topological polar surface area (TPSA) is 55.1 Å². The largest absolute Gasteiger partial charge is 0.471 e. The van der Waals surface area contributed by atoms with Crippen LogP contribution in [0.4, 0.5) is 18.9 Å². The highest BCUT2D eigenvalue weighted by molar-refractivity contribution is 5.81. The highest BCUT2D eigenvalue weighted by atomic mass is 19.4. The quantitative estimate of drug-likeness (QED) is 0.818. The molecule has 3 nitrogen and oxygen atoms in total. The number of carbonyl (C=O) groups excluding carboxylic acids is 1. The van der Waals surface area contributed by atoms with E-state index >= 15 is 0 Å². The third-order valence-corrected chi connectivity index (χ3v) is 2.65. The molecular formula is C12H15F3N2O. The van der Waals surface area contributed by atoms with Crippen LogP contribution in [-0.2, 0) is 11.2 Å². The van der Waals surface area contributed by atoms with Crippen molar-refractivity contribution in [3.63, 3.8) is 0 Å². The van der Waals surface area contributed by atoms with Gasteiger partial charge in [0, 0.05) is 11.7 Å². The van der Waals surface area contributed by atoms with E-state index in [1.54, 1.807) is 25.1 Å². The minimum Gasteiger partial charge on any atom is -0.399 e. The lowest BCUT2D eigenvalue weighted by Gasteiger charge is -2.17. The average Bonchev–Trinajstić information content (AvgIpc) is 2.23. The van der Waals surface area contributed by atoms with Crippen LogP contribution in [0.5, 0.6) is 0 Å². The number of hydrogen-bond acceptors (Lipinski definition) is 2. The van der Waals surface area contributed by atoms with E-state index in [4.69, 9.17) is 5.73 Å². The Morgan fingerprint density at radius 3 is 2.61 bits per heavy atom. The van der Waals surface area contributed by atoms with Crippen LogP contribution >= 0.6 is 0 Å². The first kappa shape index (κ1) is 14.3. The molecule has 18 heavy (non-hydrogen) atoms. The molecule has 0 heterocycles. The maximum Gasteiger partial charge on any atom is 0.471 e. The van der Waals surface area contributed by atoms with Crippen molar-refractivity contribution in [2.24, 2.45) is 0 Å².